The number of nitrogens with zero attached hydrogens (tertiary/aromatic N) is 3. The first-order valence-electron chi connectivity index (χ1n) is 10.9. The summed E-state index contributed by atoms with van der Waals surface area (Å²) in [6.07, 6.45) is 7.34. The largest absolute Gasteiger partial charge is 0.481 e. The van der Waals surface area contributed by atoms with E-state index in [0.29, 0.717) is 47.8 Å². The number of pyridine rings is 2. The van der Waals surface area contributed by atoms with Gasteiger partial charge >= 0.3 is 5.97 Å². The van der Waals surface area contributed by atoms with E-state index >= 15 is 0 Å². The zero-order valence-electron chi connectivity index (χ0n) is 17.8. The van der Waals surface area contributed by atoms with Crippen LogP contribution in [-0.4, -0.2) is 37.4 Å². The minimum absolute atomic E-state index is 0.0948. The lowest BCUT2D eigenvalue weighted by atomic mass is 9.86. The highest BCUT2D eigenvalue weighted by Gasteiger charge is 2.27. The Kier molecular flexibility index (Phi) is 5.34. The Morgan fingerprint density at radius 2 is 1.85 bits per heavy atom. The second-order valence-electron chi connectivity index (χ2n) is 8.37. The zero-order chi connectivity index (χ0) is 22.9. The first kappa shape index (κ1) is 20.8. The van der Waals surface area contributed by atoms with Crippen LogP contribution in [0.4, 0.5) is 0 Å². The van der Waals surface area contributed by atoms with Crippen LogP contribution in [0, 0.1) is 5.92 Å². The molecular weight excluding hydrogens is 420 g/mol. The maximum atomic E-state index is 13.3. The van der Waals surface area contributed by atoms with Gasteiger partial charge in [0.2, 0.25) is 0 Å². The molecule has 0 atom stereocenters. The maximum absolute atomic E-state index is 13.3. The van der Waals surface area contributed by atoms with Crippen molar-refractivity contribution >= 4 is 28.4 Å². The van der Waals surface area contributed by atoms with Crippen molar-refractivity contribution in [3.63, 3.8) is 0 Å². The number of hydrogen-bond acceptors (Lipinski definition) is 5. The molecule has 1 aliphatic rings. The van der Waals surface area contributed by atoms with Gasteiger partial charge in [0.15, 0.2) is 5.65 Å². The van der Waals surface area contributed by atoms with E-state index in [1.807, 2.05) is 18.2 Å². The van der Waals surface area contributed by atoms with Crippen LogP contribution in [0.25, 0.3) is 27.7 Å². The number of carboxylic acid groups (broad SMARTS) is 1. The van der Waals surface area contributed by atoms with Gasteiger partial charge in [0.1, 0.15) is 0 Å². The van der Waals surface area contributed by atoms with Gasteiger partial charge in [0, 0.05) is 30.2 Å². The van der Waals surface area contributed by atoms with Gasteiger partial charge in [0.25, 0.3) is 11.5 Å². The number of aliphatic carboxylic acids is 1. The van der Waals surface area contributed by atoms with Crippen molar-refractivity contribution < 1.29 is 14.7 Å². The molecule has 0 radical (unpaired) electrons. The predicted octanol–water partition coefficient (Wildman–Crippen LogP) is 3.28. The van der Waals surface area contributed by atoms with Crippen molar-refractivity contribution in [3.05, 3.63) is 77.0 Å². The monoisotopic (exact) mass is 442 g/mol. The van der Waals surface area contributed by atoms with E-state index in [-0.39, 0.29) is 23.4 Å². The number of amides is 1. The second kappa shape index (κ2) is 8.46. The summed E-state index contributed by atoms with van der Waals surface area (Å²) in [6, 6.07) is 12.4. The summed E-state index contributed by atoms with van der Waals surface area (Å²) in [4.78, 5) is 46.2. The molecule has 1 saturated carbocycles. The fourth-order valence-electron chi connectivity index (χ4n) is 4.47. The standard InChI is InChI=1S/C25H22N4O4/c30-23(27-18-8-5-15(6-9-18)25(32)33)19-4-2-12-29-22(19)28-21-10-7-16(13-20(21)24(29)31)17-3-1-11-26-14-17/h1-4,7,10-15,18H,5-6,8-9H2,(H,27,30)(H,32,33). The molecule has 1 aliphatic carbocycles. The lowest BCUT2D eigenvalue weighted by molar-refractivity contribution is -0.142. The van der Waals surface area contributed by atoms with Crippen LogP contribution >= 0.6 is 0 Å². The normalized spacial score (nSPS) is 18.3. The summed E-state index contributed by atoms with van der Waals surface area (Å²) >= 11 is 0. The number of carbonyl (C=O) groups is 2. The Balaban J connectivity index is 1.49. The third kappa shape index (κ3) is 3.95. The number of hydrogen-bond donors (Lipinski definition) is 2. The number of carbonyl (C=O) groups excluding carboxylic acids is 1. The fraction of sp³-hybridized carbons (Fsp3) is 0.240. The summed E-state index contributed by atoms with van der Waals surface area (Å²) < 4.78 is 1.39. The van der Waals surface area contributed by atoms with E-state index < -0.39 is 5.97 Å². The molecule has 0 spiro atoms. The molecular formula is C25H22N4O4. The third-order valence-corrected chi connectivity index (χ3v) is 6.29. The Morgan fingerprint density at radius 1 is 1.03 bits per heavy atom. The van der Waals surface area contributed by atoms with Gasteiger partial charge in [-0.25, -0.2) is 4.98 Å². The summed E-state index contributed by atoms with van der Waals surface area (Å²) in [5.74, 6) is -1.44. The highest BCUT2D eigenvalue weighted by molar-refractivity contribution is 6.01. The van der Waals surface area contributed by atoms with Crippen molar-refractivity contribution in [2.24, 2.45) is 5.92 Å². The number of carboxylic acids is 1. The van der Waals surface area contributed by atoms with Crippen molar-refractivity contribution in [2.75, 3.05) is 0 Å². The highest BCUT2D eigenvalue weighted by atomic mass is 16.4. The summed E-state index contributed by atoms with van der Waals surface area (Å²) in [5.41, 5.74) is 2.62. The molecule has 0 aliphatic heterocycles. The van der Waals surface area contributed by atoms with Gasteiger partial charge in [0.05, 0.1) is 22.4 Å². The van der Waals surface area contributed by atoms with Crippen molar-refractivity contribution in [1.82, 2.24) is 19.7 Å². The molecule has 8 nitrogen and oxygen atoms in total. The Hall–Kier alpha value is -4.07. The van der Waals surface area contributed by atoms with Crippen molar-refractivity contribution in [3.8, 4) is 11.1 Å². The molecule has 0 unspecified atom stereocenters. The Morgan fingerprint density at radius 3 is 2.58 bits per heavy atom. The molecule has 3 heterocycles. The molecule has 1 fully saturated rings. The van der Waals surface area contributed by atoms with E-state index in [0.717, 1.165) is 11.1 Å². The van der Waals surface area contributed by atoms with Crippen LogP contribution in [0.2, 0.25) is 0 Å². The first-order chi connectivity index (χ1) is 16.0. The molecule has 8 heteroatoms. The minimum Gasteiger partial charge on any atom is -0.481 e. The fourth-order valence-corrected chi connectivity index (χ4v) is 4.47. The molecule has 1 aromatic carbocycles. The number of fused-ring (bicyclic) bond motifs is 2. The molecule has 0 saturated heterocycles. The second-order valence-corrected chi connectivity index (χ2v) is 8.37. The van der Waals surface area contributed by atoms with E-state index in [1.165, 1.54) is 4.40 Å². The third-order valence-electron chi connectivity index (χ3n) is 6.29. The topological polar surface area (TPSA) is 114 Å². The lowest BCUT2D eigenvalue weighted by Crippen LogP contribution is -2.39. The predicted molar refractivity (Wildman–Crippen MR) is 123 cm³/mol. The van der Waals surface area contributed by atoms with Crippen molar-refractivity contribution in [1.29, 1.82) is 0 Å². The molecule has 2 N–H and O–H groups in total. The van der Waals surface area contributed by atoms with Gasteiger partial charge in [-0.15, -0.1) is 0 Å². The number of nitrogens with one attached hydrogen (secondary N) is 1. The van der Waals surface area contributed by atoms with Gasteiger partial charge in [-0.05, 0) is 61.6 Å². The van der Waals surface area contributed by atoms with Gasteiger partial charge < -0.3 is 10.4 Å². The molecule has 1 amide bonds. The molecule has 4 aromatic rings. The molecule has 0 bridgehead atoms. The average molecular weight is 442 g/mol. The average Bonchev–Trinajstić information content (AvgIpc) is 2.84. The first-order valence-corrected chi connectivity index (χ1v) is 10.9. The molecule has 33 heavy (non-hydrogen) atoms. The number of benzene rings is 1. The summed E-state index contributed by atoms with van der Waals surface area (Å²) in [6.45, 7) is 0. The van der Waals surface area contributed by atoms with Crippen LogP contribution < -0.4 is 10.9 Å². The minimum atomic E-state index is -0.782. The van der Waals surface area contributed by atoms with E-state index in [9.17, 15) is 14.4 Å². The van der Waals surface area contributed by atoms with Gasteiger partial charge in [-0.1, -0.05) is 12.1 Å². The zero-order valence-corrected chi connectivity index (χ0v) is 17.8. The van der Waals surface area contributed by atoms with Gasteiger partial charge in [-0.2, -0.15) is 0 Å². The van der Waals surface area contributed by atoms with E-state index in [4.69, 9.17) is 5.11 Å². The lowest BCUT2D eigenvalue weighted by Gasteiger charge is -2.26. The van der Waals surface area contributed by atoms with E-state index in [2.05, 4.69) is 15.3 Å². The van der Waals surface area contributed by atoms with Crippen LogP contribution in [0.5, 0.6) is 0 Å². The summed E-state index contributed by atoms with van der Waals surface area (Å²) in [5, 5.41) is 12.6. The molecule has 5 rings (SSSR count). The summed E-state index contributed by atoms with van der Waals surface area (Å²) in [7, 11) is 0. The maximum Gasteiger partial charge on any atom is 0.306 e. The Labute approximate surface area is 188 Å². The number of rotatable bonds is 4. The Bertz CT molecular complexity index is 1420. The van der Waals surface area contributed by atoms with Crippen LogP contribution in [-0.2, 0) is 4.79 Å². The molecule has 166 valence electrons. The van der Waals surface area contributed by atoms with Crippen LogP contribution in [0.1, 0.15) is 36.0 Å². The highest BCUT2D eigenvalue weighted by Crippen LogP contribution is 2.25. The quantitative estimate of drug-likeness (QED) is 0.469. The number of aromatic nitrogens is 3. The van der Waals surface area contributed by atoms with E-state index in [1.54, 1.807) is 42.9 Å². The van der Waals surface area contributed by atoms with Crippen LogP contribution in [0.15, 0.2) is 65.8 Å². The van der Waals surface area contributed by atoms with Gasteiger partial charge in [-0.3, -0.25) is 23.8 Å². The van der Waals surface area contributed by atoms with Crippen LogP contribution in [0.3, 0.4) is 0 Å². The SMILES string of the molecule is O=C(NC1CCC(C(=O)O)CC1)c1cccn2c(=O)c3cc(-c4cccnc4)ccc3nc12. The smallest absolute Gasteiger partial charge is 0.306 e. The van der Waals surface area contributed by atoms with Crippen molar-refractivity contribution in [2.45, 2.75) is 31.7 Å². The molecule has 3 aromatic heterocycles.